The van der Waals surface area contributed by atoms with E-state index in [0.29, 0.717) is 31.0 Å². The Morgan fingerprint density at radius 2 is 1.85 bits per heavy atom. The zero-order chi connectivity index (χ0) is 15.0. The third kappa shape index (κ3) is 5.88. The molecule has 1 heterocycles. The minimum atomic E-state index is 0.132. The second kappa shape index (κ2) is 8.92. The van der Waals surface area contributed by atoms with Crippen molar-refractivity contribution in [2.75, 3.05) is 30.4 Å². The van der Waals surface area contributed by atoms with Crippen molar-refractivity contribution in [1.29, 1.82) is 0 Å². The smallest absolute Gasteiger partial charge is 0.229 e. The van der Waals surface area contributed by atoms with Gasteiger partial charge in [0, 0.05) is 13.2 Å². The molecule has 1 rings (SSSR count). The van der Waals surface area contributed by atoms with Crippen molar-refractivity contribution in [1.82, 2.24) is 15.0 Å². The second-order valence-electron chi connectivity index (χ2n) is 4.83. The fourth-order valence-electron chi connectivity index (χ4n) is 1.54. The molecule has 114 valence electrons. The lowest BCUT2D eigenvalue weighted by atomic mass is 10.1. The highest BCUT2D eigenvalue weighted by molar-refractivity contribution is 6.28. The predicted octanol–water partition coefficient (Wildman–Crippen LogP) is 2.82. The zero-order valence-corrected chi connectivity index (χ0v) is 13.4. The van der Waals surface area contributed by atoms with Gasteiger partial charge in [-0.1, -0.05) is 20.8 Å². The van der Waals surface area contributed by atoms with Gasteiger partial charge in [-0.25, -0.2) is 0 Å². The van der Waals surface area contributed by atoms with E-state index in [-0.39, 0.29) is 11.3 Å². The molecule has 0 bridgehead atoms. The first-order valence-electron chi connectivity index (χ1n) is 7.06. The van der Waals surface area contributed by atoms with Crippen LogP contribution in [0.15, 0.2) is 0 Å². The van der Waals surface area contributed by atoms with E-state index in [4.69, 9.17) is 16.3 Å². The minimum Gasteiger partial charge on any atom is -0.380 e. The molecular formula is C13H24ClN5O. The summed E-state index contributed by atoms with van der Waals surface area (Å²) >= 11 is 5.92. The van der Waals surface area contributed by atoms with Gasteiger partial charge in [0.05, 0.1) is 12.6 Å². The first-order valence-corrected chi connectivity index (χ1v) is 7.44. The van der Waals surface area contributed by atoms with Gasteiger partial charge in [0.1, 0.15) is 0 Å². The quantitative estimate of drug-likeness (QED) is 0.731. The van der Waals surface area contributed by atoms with Crippen molar-refractivity contribution in [3.8, 4) is 0 Å². The number of aromatic nitrogens is 3. The first kappa shape index (κ1) is 16.9. The molecule has 20 heavy (non-hydrogen) atoms. The third-order valence-corrected chi connectivity index (χ3v) is 2.93. The average Bonchev–Trinajstić information content (AvgIpc) is 2.40. The Morgan fingerprint density at radius 3 is 2.45 bits per heavy atom. The maximum absolute atomic E-state index is 5.92. The van der Waals surface area contributed by atoms with Gasteiger partial charge in [0.15, 0.2) is 0 Å². The van der Waals surface area contributed by atoms with Crippen LogP contribution in [0.3, 0.4) is 0 Å². The SMILES string of the molecule is CCCNc1nc(Cl)nc(NC(COCC)C(C)C)n1. The maximum atomic E-state index is 5.92. The van der Waals surface area contributed by atoms with Gasteiger partial charge in [-0.2, -0.15) is 15.0 Å². The molecule has 2 N–H and O–H groups in total. The van der Waals surface area contributed by atoms with E-state index in [1.54, 1.807) is 0 Å². The Hall–Kier alpha value is -1.14. The number of ether oxygens (including phenoxy) is 1. The van der Waals surface area contributed by atoms with E-state index < -0.39 is 0 Å². The standard InChI is InChI=1S/C13H24ClN5O/c1-5-7-15-12-17-11(14)18-13(19-12)16-10(9(3)4)8-20-6-2/h9-10H,5-8H2,1-4H3,(H2,15,16,17,18,19). The number of nitrogens with one attached hydrogen (secondary N) is 2. The summed E-state index contributed by atoms with van der Waals surface area (Å²) < 4.78 is 5.47. The van der Waals surface area contributed by atoms with Crippen LogP contribution in [-0.2, 0) is 4.74 Å². The topological polar surface area (TPSA) is 72.0 Å². The van der Waals surface area contributed by atoms with E-state index >= 15 is 0 Å². The summed E-state index contributed by atoms with van der Waals surface area (Å²) in [7, 11) is 0. The van der Waals surface area contributed by atoms with Gasteiger partial charge in [-0.05, 0) is 30.9 Å². The first-order chi connectivity index (χ1) is 9.56. The number of halogens is 1. The van der Waals surface area contributed by atoms with Crippen molar-refractivity contribution in [2.24, 2.45) is 5.92 Å². The third-order valence-electron chi connectivity index (χ3n) is 2.76. The fourth-order valence-corrected chi connectivity index (χ4v) is 1.70. The molecule has 1 aromatic heterocycles. The lowest BCUT2D eigenvalue weighted by molar-refractivity contribution is 0.126. The molecule has 0 aliphatic rings. The summed E-state index contributed by atoms with van der Waals surface area (Å²) in [6.45, 7) is 10.4. The van der Waals surface area contributed by atoms with Crippen LogP contribution in [-0.4, -0.2) is 40.8 Å². The molecule has 7 heteroatoms. The number of hydrogen-bond donors (Lipinski definition) is 2. The van der Waals surface area contributed by atoms with E-state index in [9.17, 15) is 0 Å². The van der Waals surface area contributed by atoms with Crippen LogP contribution in [0.1, 0.15) is 34.1 Å². The van der Waals surface area contributed by atoms with Crippen LogP contribution in [0.4, 0.5) is 11.9 Å². The van der Waals surface area contributed by atoms with Crippen molar-refractivity contribution >= 4 is 23.5 Å². The van der Waals surface area contributed by atoms with Crippen molar-refractivity contribution < 1.29 is 4.74 Å². The monoisotopic (exact) mass is 301 g/mol. The zero-order valence-electron chi connectivity index (χ0n) is 12.6. The molecule has 0 aliphatic carbocycles. The highest BCUT2D eigenvalue weighted by atomic mass is 35.5. The molecule has 1 aromatic rings. The highest BCUT2D eigenvalue weighted by Crippen LogP contribution is 2.13. The predicted molar refractivity (Wildman–Crippen MR) is 82.4 cm³/mol. The molecule has 0 radical (unpaired) electrons. The summed E-state index contributed by atoms with van der Waals surface area (Å²) in [4.78, 5) is 12.5. The Morgan fingerprint density at radius 1 is 1.15 bits per heavy atom. The van der Waals surface area contributed by atoms with Gasteiger partial charge < -0.3 is 15.4 Å². The van der Waals surface area contributed by atoms with Gasteiger partial charge in [0.2, 0.25) is 17.2 Å². The lowest BCUT2D eigenvalue weighted by Gasteiger charge is -2.22. The van der Waals surface area contributed by atoms with E-state index in [1.807, 2.05) is 6.92 Å². The molecule has 0 fully saturated rings. The molecule has 1 unspecified atom stereocenters. The van der Waals surface area contributed by atoms with E-state index in [2.05, 4.69) is 46.4 Å². The number of hydrogen-bond acceptors (Lipinski definition) is 6. The van der Waals surface area contributed by atoms with Crippen LogP contribution in [0, 0.1) is 5.92 Å². The lowest BCUT2D eigenvalue weighted by Crippen LogP contribution is -2.32. The van der Waals surface area contributed by atoms with Crippen LogP contribution < -0.4 is 10.6 Å². The summed E-state index contributed by atoms with van der Waals surface area (Å²) in [5.74, 6) is 1.36. The molecule has 0 aromatic carbocycles. The summed E-state index contributed by atoms with van der Waals surface area (Å²) in [5.41, 5.74) is 0. The molecule has 0 amide bonds. The molecule has 0 spiro atoms. The minimum absolute atomic E-state index is 0.132. The average molecular weight is 302 g/mol. The van der Waals surface area contributed by atoms with Gasteiger partial charge in [0.25, 0.3) is 0 Å². The molecular weight excluding hydrogens is 278 g/mol. The van der Waals surface area contributed by atoms with Crippen LogP contribution in [0.5, 0.6) is 0 Å². The Bertz CT molecular complexity index is 402. The molecule has 1 atom stereocenters. The number of rotatable bonds is 9. The van der Waals surface area contributed by atoms with Gasteiger partial charge in [-0.3, -0.25) is 0 Å². The normalized spacial score (nSPS) is 12.5. The Kier molecular flexibility index (Phi) is 7.54. The van der Waals surface area contributed by atoms with Crippen LogP contribution >= 0.6 is 11.6 Å². The van der Waals surface area contributed by atoms with Crippen molar-refractivity contribution in [3.05, 3.63) is 5.28 Å². The summed E-state index contributed by atoms with van der Waals surface area (Å²) in [6, 6.07) is 0.132. The van der Waals surface area contributed by atoms with Crippen LogP contribution in [0.25, 0.3) is 0 Å². The Labute approximate surface area is 125 Å². The van der Waals surface area contributed by atoms with Crippen LogP contribution in [0.2, 0.25) is 5.28 Å². The van der Waals surface area contributed by atoms with Gasteiger partial charge in [-0.15, -0.1) is 0 Å². The highest BCUT2D eigenvalue weighted by Gasteiger charge is 2.15. The molecule has 0 saturated carbocycles. The van der Waals surface area contributed by atoms with E-state index in [0.717, 1.165) is 13.0 Å². The molecule has 6 nitrogen and oxygen atoms in total. The summed E-state index contributed by atoms with van der Waals surface area (Å²) in [6.07, 6.45) is 0.991. The number of anilines is 2. The number of nitrogens with zero attached hydrogens (tertiary/aromatic N) is 3. The largest absolute Gasteiger partial charge is 0.380 e. The van der Waals surface area contributed by atoms with Gasteiger partial charge >= 0.3 is 0 Å². The van der Waals surface area contributed by atoms with Crippen molar-refractivity contribution in [3.63, 3.8) is 0 Å². The second-order valence-corrected chi connectivity index (χ2v) is 5.17. The maximum Gasteiger partial charge on any atom is 0.229 e. The molecule has 0 aliphatic heterocycles. The van der Waals surface area contributed by atoms with E-state index in [1.165, 1.54) is 0 Å². The summed E-state index contributed by atoms with van der Waals surface area (Å²) in [5, 5.41) is 6.54. The fraction of sp³-hybridized carbons (Fsp3) is 0.769. The Balaban J connectivity index is 2.75. The van der Waals surface area contributed by atoms with Crippen molar-refractivity contribution in [2.45, 2.75) is 40.2 Å². The molecule has 0 saturated heterocycles.